The van der Waals surface area contributed by atoms with E-state index in [0.29, 0.717) is 4.88 Å². The van der Waals surface area contributed by atoms with Crippen LogP contribution in [0.4, 0.5) is 10.8 Å². The van der Waals surface area contributed by atoms with Crippen molar-refractivity contribution in [1.29, 1.82) is 0 Å². The minimum absolute atomic E-state index is 0.202. The molecule has 0 unspecified atom stereocenters. The summed E-state index contributed by atoms with van der Waals surface area (Å²) in [5, 5.41) is 5.98. The van der Waals surface area contributed by atoms with Crippen molar-refractivity contribution in [2.75, 3.05) is 5.32 Å². The van der Waals surface area contributed by atoms with Gasteiger partial charge in [-0.05, 0) is 49.9 Å². The molecule has 0 saturated heterocycles. The van der Waals surface area contributed by atoms with Crippen LogP contribution in [0.15, 0.2) is 35.7 Å². The monoisotopic (exact) mass is 370 g/mol. The minimum Gasteiger partial charge on any atom is -0.455 e. The highest BCUT2D eigenvalue weighted by Gasteiger charge is 2.19. The van der Waals surface area contributed by atoms with Gasteiger partial charge in [-0.15, -0.1) is 22.7 Å². The number of benzene rings is 1. The molecular weight excluding hydrogens is 352 g/mol. The summed E-state index contributed by atoms with van der Waals surface area (Å²) < 4.78 is 5.42. The van der Waals surface area contributed by atoms with Gasteiger partial charge in [0.15, 0.2) is 5.13 Å². The van der Waals surface area contributed by atoms with E-state index in [-0.39, 0.29) is 12.6 Å². The number of nitrogens with one attached hydrogen (secondary N) is 1. The molecule has 0 saturated carbocycles. The third-order valence-electron chi connectivity index (χ3n) is 4.15. The summed E-state index contributed by atoms with van der Waals surface area (Å²) in [5.41, 5.74) is 4.29. The van der Waals surface area contributed by atoms with Gasteiger partial charge in [0.05, 0.1) is 5.69 Å². The number of aryl methyl sites for hydroxylation is 3. The normalized spacial score (nSPS) is 12.8. The van der Waals surface area contributed by atoms with E-state index in [2.05, 4.69) is 29.4 Å². The van der Waals surface area contributed by atoms with Gasteiger partial charge in [0, 0.05) is 15.9 Å². The summed E-state index contributed by atoms with van der Waals surface area (Å²) in [4.78, 5) is 18.7. The molecule has 4 nitrogen and oxygen atoms in total. The Morgan fingerprint density at radius 1 is 1.28 bits per heavy atom. The molecule has 1 aliphatic carbocycles. The first-order valence-corrected chi connectivity index (χ1v) is 9.94. The maximum atomic E-state index is 12.2. The van der Waals surface area contributed by atoms with Crippen LogP contribution in [0.25, 0.3) is 0 Å². The van der Waals surface area contributed by atoms with Crippen LogP contribution in [0.3, 0.4) is 0 Å². The van der Waals surface area contributed by atoms with E-state index in [1.165, 1.54) is 33.8 Å². The molecule has 3 aromatic rings. The van der Waals surface area contributed by atoms with Crippen molar-refractivity contribution >= 4 is 39.5 Å². The van der Waals surface area contributed by atoms with Gasteiger partial charge in [0.25, 0.3) is 0 Å². The Labute approximate surface area is 154 Å². The summed E-state index contributed by atoms with van der Waals surface area (Å²) in [6.07, 6.45) is 3.37. The number of hydrogen-bond acceptors (Lipinski definition) is 6. The standard InChI is InChI=1S/C19H18N2O2S2/c1-12-5-7-14(8-6-12)20-19-21-15(11-24-19)10-23-18(22)17-9-13-3-2-4-16(13)25-17/h5-9,11H,2-4,10H2,1H3,(H,20,21). The molecule has 0 spiro atoms. The van der Waals surface area contributed by atoms with Crippen molar-refractivity contribution in [3.63, 3.8) is 0 Å². The first kappa shape index (κ1) is 16.3. The lowest BCUT2D eigenvalue weighted by molar-refractivity contribution is 0.0474. The largest absolute Gasteiger partial charge is 0.455 e. The zero-order valence-electron chi connectivity index (χ0n) is 13.9. The average molecular weight is 370 g/mol. The predicted molar refractivity (Wildman–Crippen MR) is 102 cm³/mol. The van der Waals surface area contributed by atoms with Crippen molar-refractivity contribution < 1.29 is 9.53 Å². The molecule has 4 rings (SSSR count). The second-order valence-electron chi connectivity index (χ2n) is 6.12. The second kappa shape index (κ2) is 6.98. The third kappa shape index (κ3) is 3.75. The van der Waals surface area contributed by atoms with Gasteiger partial charge < -0.3 is 10.1 Å². The lowest BCUT2D eigenvalue weighted by atomic mass is 10.2. The van der Waals surface area contributed by atoms with E-state index in [9.17, 15) is 4.79 Å². The van der Waals surface area contributed by atoms with Crippen LogP contribution in [0.1, 0.15) is 37.8 Å². The van der Waals surface area contributed by atoms with Gasteiger partial charge in [-0.2, -0.15) is 0 Å². The van der Waals surface area contributed by atoms with Crippen molar-refractivity contribution in [2.45, 2.75) is 32.8 Å². The fourth-order valence-corrected chi connectivity index (χ4v) is 4.69. The summed E-state index contributed by atoms with van der Waals surface area (Å²) in [6, 6.07) is 10.1. The second-order valence-corrected chi connectivity index (χ2v) is 8.12. The first-order chi connectivity index (χ1) is 12.2. The minimum atomic E-state index is -0.250. The lowest BCUT2D eigenvalue weighted by Crippen LogP contribution is -2.03. The molecule has 25 heavy (non-hydrogen) atoms. The molecule has 0 bridgehead atoms. The molecule has 0 atom stereocenters. The van der Waals surface area contributed by atoms with Gasteiger partial charge in [0.1, 0.15) is 11.5 Å². The highest BCUT2D eigenvalue weighted by Crippen LogP contribution is 2.31. The van der Waals surface area contributed by atoms with Crippen LogP contribution in [-0.4, -0.2) is 11.0 Å². The van der Waals surface area contributed by atoms with Crippen LogP contribution in [0, 0.1) is 6.92 Å². The van der Waals surface area contributed by atoms with E-state index in [1.54, 1.807) is 11.3 Å². The van der Waals surface area contributed by atoms with E-state index in [1.807, 2.05) is 23.6 Å². The number of esters is 1. The first-order valence-electron chi connectivity index (χ1n) is 8.24. The average Bonchev–Trinajstić information content (AvgIpc) is 3.30. The highest BCUT2D eigenvalue weighted by molar-refractivity contribution is 7.14. The van der Waals surface area contributed by atoms with Crippen LogP contribution in [-0.2, 0) is 24.2 Å². The number of ether oxygens (including phenoxy) is 1. The summed E-state index contributed by atoms with van der Waals surface area (Å²) in [6.45, 7) is 2.26. The topological polar surface area (TPSA) is 51.2 Å². The number of fused-ring (bicyclic) bond motifs is 1. The number of aromatic nitrogens is 1. The maximum absolute atomic E-state index is 12.2. The number of thiazole rings is 1. The van der Waals surface area contributed by atoms with Crippen molar-refractivity contribution in [2.24, 2.45) is 0 Å². The number of thiophene rings is 1. The number of nitrogens with zero attached hydrogens (tertiary/aromatic N) is 1. The van der Waals surface area contributed by atoms with Crippen LogP contribution in [0.2, 0.25) is 0 Å². The molecule has 1 aliphatic rings. The summed E-state index contributed by atoms with van der Waals surface area (Å²) >= 11 is 3.07. The zero-order chi connectivity index (χ0) is 17.2. The van der Waals surface area contributed by atoms with Crippen LogP contribution in [0.5, 0.6) is 0 Å². The third-order valence-corrected chi connectivity index (χ3v) is 6.18. The van der Waals surface area contributed by atoms with Gasteiger partial charge in [-0.3, -0.25) is 0 Å². The Kier molecular flexibility index (Phi) is 4.55. The summed E-state index contributed by atoms with van der Waals surface area (Å²) in [7, 11) is 0. The number of carbonyl (C=O) groups is 1. The Bertz CT molecular complexity index is 875. The smallest absolute Gasteiger partial charge is 0.348 e. The zero-order valence-corrected chi connectivity index (χ0v) is 15.5. The molecule has 1 aromatic carbocycles. The summed E-state index contributed by atoms with van der Waals surface area (Å²) in [5.74, 6) is -0.250. The fourth-order valence-electron chi connectivity index (χ4n) is 2.83. The van der Waals surface area contributed by atoms with E-state index < -0.39 is 0 Å². The van der Waals surface area contributed by atoms with Gasteiger partial charge in [0.2, 0.25) is 0 Å². The molecule has 128 valence electrons. The molecule has 6 heteroatoms. The van der Waals surface area contributed by atoms with Crippen LogP contribution < -0.4 is 5.32 Å². The van der Waals surface area contributed by atoms with Gasteiger partial charge >= 0.3 is 5.97 Å². The highest BCUT2D eigenvalue weighted by atomic mass is 32.1. The molecular formula is C19H18N2O2S2. The van der Waals surface area contributed by atoms with Crippen LogP contribution >= 0.6 is 22.7 Å². The molecule has 0 fully saturated rings. The molecule has 0 aliphatic heterocycles. The molecule has 1 N–H and O–H groups in total. The SMILES string of the molecule is Cc1ccc(Nc2nc(COC(=O)c3cc4c(s3)CCC4)cs2)cc1. The van der Waals surface area contributed by atoms with Gasteiger partial charge in [-0.25, -0.2) is 9.78 Å². The van der Waals surface area contributed by atoms with Crippen molar-refractivity contribution in [3.8, 4) is 0 Å². The molecule has 0 amide bonds. The Morgan fingerprint density at radius 3 is 2.92 bits per heavy atom. The Hall–Kier alpha value is -2.18. The molecule has 2 heterocycles. The number of carbonyl (C=O) groups excluding carboxylic acids is 1. The van der Waals surface area contributed by atoms with Crippen molar-refractivity contribution in [1.82, 2.24) is 4.98 Å². The van der Waals surface area contributed by atoms with E-state index >= 15 is 0 Å². The predicted octanol–water partition coefficient (Wildman–Crippen LogP) is 5.10. The Morgan fingerprint density at radius 2 is 2.12 bits per heavy atom. The number of hydrogen-bond donors (Lipinski definition) is 1. The van der Waals surface area contributed by atoms with E-state index in [4.69, 9.17) is 4.74 Å². The maximum Gasteiger partial charge on any atom is 0.348 e. The Balaban J connectivity index is 1.34. The number of rotatable bonds is 5. The van der Waals surface area contributed by atoms with E-state index in [0.717, 1.165) is 29.4 Å². The molecule has 0 radical (unpaired) electrons. The lowest BCUT2D eigenvalue weighted by Gasteiger charge is -2.03. The number of anilines is 2. The molecule has 2 aromatic heterocycles. The fraction of sp³-hybridized carbons (Fsp3) is 0.263. The quantitative estimate of drug-likeness (QED) is 0.635. The van der Waals surface area contributed by atoms with Gasteiger partial charge in [-0.1, -0.05) is 17.7 Å². The van der Waals surface area contributed by atoms with Crippen molar-refractivity contribution in [3.05, 3.63) is 62.3 Å².